The van der Waals surface area contributed by atoms with Crippen molar-refractivity contribution in [1.82, 2.24) is 9.78 Å². The van der Waals surface area contributed by atoms with Crippen LogP contribution in [0, 0.1) is 6.92 Å². The molecule has 1 heterocycles. The first-order valence-electron chi connectivity index (χ1n) is 2.90. The fourth-order valence-electron chi connectivity index (χ4n) is 0.769. The van der Waals surface area contributed by atoms with Crippen LogP contribution in [0.5, 0.6) is 0 Å². The topological polar surface area (TPSA) is 42.2 Å². The van der Waals surface area contributed by atoms with Crippen LogP contribution in [0.3, 0.4) is 0 Å². The number of aromatic nitrogens is 2. The second-order valence-corrected chi connectivity index (χ2v) is 2.04. The molecule has 1 N–H and O–H groups in total. The first-order valence-corrected chi connectivity index (χ1v) is 2.90. The van der Waals surface area contributed by atoms with Crippen LogP contribution in [0.1, 0.15) is 5.56 Å². The van der Waals surface area contributed by atoms with Crippen LogP contribution in [0.4, 0.5) is 5.82 Å². The van der Waals surface area contributed by atoms with Crippen molar-refractivity contribution in [2.45, 2.75) is 6.92 Å². The molecule has 0 aliphatic rings. The molecule has 5 heteroatoms. The van der Waals surface area contributed by atoms with E-state index in [1.807, 2.05) is 14.0 Å². The molecule has 0 bridgehead atoms. The van der Waals surface area contributed by atoms with Gasteiger partial charge in [-0.15, -0.1) is 0 Å². The first kappa shape index (κ1) is 6.99. The molecule has 0 amide bonds. The van der Waals surface area contributed by atoms with Gasteiger partial charge in [-0.3, -0.25) is 0 Å². The van der Waals surface area contributed by atoms with E-state index in [0.29, 0.717) is 0 Å². The second kappa shape index (κ2) is 2.64. The zero-order valence-corrected chi connectivity index (χ0v) is 6.00. The molecule has 0 aromatic carbocycles. The van der Waals surface area contributed by atoms with Crippen molar-refractivity contribution in [3.63, 3.8) is 0 Å². The molecule has 51 valence electrons. The Kier molecular flexibility index (Phi) is 1.84. The molecule has 1 aromatic rings. The normalized spacial score (nSPS) is 9.30. The van der Waals surface area contributed by atoms with Crippen LogP contribution in [0.25, 0.3) is 0 Å². The van der Waals surface area contributed by atoms with E-state index in [1.165, 1.54) is 0 Å². The number of aryl methyl sites for hydroxylation is 2. The summed E-state index contributed by atoms with van der Waals surface area (Å²) in [6.07, 6.45) is 1.74. The van der Waals surface area contributed by atoms with Gasteiger partial charge in [0, 0.05) is 0 Å². The number of nitrogens with one attached hydrogen (secondary N) is 1. The number of anilines is 1. The summed E-state index contributed by atoms with van der Waals surface area (Å²) < 4.78 is 1.67. The maximum atomic E-state index is 4.93. The molecule has 4 nitrogen and oxygen atoms in total. The van der Waals surface area contributed by atoms with Gasteiger partial charge in [0.1, 0.15) is 0 Å². The summed E-state index contributed by atoms with van der Waals surface area (Å²) in [6.45, 7) is 1.93. The molecule has 0 unspecified atom stereocenters. The summed E-state index contributed by atoms with van der Waals surface area (Å²) in [7, 11) is 6.75. The Bertz CT molecular complexity index is 222. The van der Waals surface area contributed by atoms with E-state index in [2.05, 4.69) is 15.5 Å². The molecular formula is C5H8BN4. The minimum atomic E-state index is 0.822. The number of rotatable bonds is 2. The van der Waals surface area contributed by atoms with Crippen molar-refractivity contribution in [3.8, 4) is 0 Å². The van der Waals surface area contributed by atoms with Gasteiger partial charge in [-0.2, -0.15) is 0 Å². The van der Waals surface area contributed by atoms with E-state index in [0.717, 1.165) is 11.4 Å². The predicted octanol–water partition coefficient (Wildman–Crippen LogP) is 0.408. The summed E-state index contributed by atoms with van der Waals surface area (Å²) in [5.74, 6) is 0.822. The summed E-state index contributed by atoms with van der Waals surface area (Å²) in [5.41, 5.74) is 3.65. The Morgan fingerprint density at radius 3 is 2.90 bits per heavy atom. The fraction of sp³-hybridized carbons (Fsp3) is 0.400. The van der Waals surface area contributed by atoms with Gasteiger partial charge in [-0.1, -0.05) is 0 Å². The Balaban J connectivity index is 2.97. The molecular weight excluding hydrogens is 127 g/mol. The third kappa shape index (κ3) is 1.07. The Hall–Kier alpha value is -1.13. The second-order valence-electron chi connectivity index (χ2n) is 2.04. The van der Waals surface area contributed by atoms with Gasteiger partial charge in [0.05, 0.1) is 0 Å². The van der Waals surface area contributed by atoms with Gasteiger partial charge < -0.3 is 0 Å². The standard InChI is InChI=1S/C5H8BN4/c1-4-3-7-10(2)5(4)8-9-6/h3,8H,1-2H3. The summed E-state index contributed by atoms with van der Waals surface area (Å²) >= 11 is 0. The van der Waals surface area contributed by atoms with Gasteiger partial charge in [-0.05, 0) is 0 Å². The molecule has 1 aromatic heterocycles. The summed E-state index contributed by atoms with van der Waals surface area (Å²) in [6, 6.07) is 0. The van der Waals surface area contributed by atoms with Crippen LogP contribution in [0.15, 0.2) is 11.2 Å². The van der Waals surface area contributed by atoms with Crippen molar-refractivity contribution in [2.75, 3.05) is 5.43 Å². The van der Waals surface area contributed by atoms with Gasteiger partial charge in [0.2, 0.25) is 0 Å². The van der Waals surface area contributed by atoms with Crippen LogP contribution in [0.2, 0.25) is 0 Å². The number of nitrogens with zero attached hydrogens (tertiary/aromatic N) is 3. The van der Waals surface area contributed by atoms with Crippen molar-refractivity contribution in [3.05, 3.63) is 11.8 Å². The molecule has 10 heavy (non-hydrogen) atoms. The van der Waals surface area contributed by atoms with Gasteiger partial charge >= 0.3 is 59.4 Å². The molecule has 0 saturated carbocycles. The maximum absolute atomic E-state index is 4.93. The van der Waals surface area contributed by atoms with Crippen LogP contribution < -0.4 is 5.43 Å². The van der Waals surface area contributed by atoms with Crippen molar-refractivity contribution < 1.29 is 0 Å². The van der Waals surface area contributed by atoms with Gasteiger partial charge in [0.15, 0.2) is 0 Å². The monoisotopic (exact) mass is 135 g/mol. The Labute approximate surface area is 60.3 Å². The molecule has 0 atom stereocenters. The number of hydrogen-bond donors (Lipinski definition) is 1. The zero-order valence-electron chi connectivity index (χ0n) is 6.00. The van der Waals surface area contributed by atoms with E-state index in [1.54, 1.807) is 10.9 Å². The molecule has 0 saturated heterocycles. The molecule has 0 spiro atoms. The third-order valence-electron chi connectivity index (χ3n) is 1.29. The third-order valence-corrected chi connectivity index (χ3v) is 1.29. The zero-order chi connectivity index (χ0) is 7.56. The molecule has 1 rings (SSSR count). The van der Waals surface area contributed by atoms with E-state index in [-0.39, 0.29) is 0 Å². The average Bonchev–Trinajstić information content (AvgIpc) is 2.20. The molecule has 0 aliphatic carbocycles. The van der Waals surface area contributed by atoms with Crippen LogP contribution in [-0.2, 0) is 7.05 Å². The molecule has 0 fully saturated rings. The average molecular weight is 135 g/mol. The van der Waals surface area contributed by atoms with Crippen molar-refractivity contribution in [1.29, 1.82) is 0 Å². The van der Waals surface area contributed by atoms with Gasteiger partial charge in [-0.25, -0.2) is 0 Å². The van der Waals surface area contributed by atoms with Crippen LogP contribution in [-0.4, -0.2) is 17.4 Å². The molecule has 0 aliphatic heterocycles. The number of hydrogen-bond acceptors (Lipinski definition) is 3. The fourth-order valence-corrected chi connectivity index (χ4v) is 0.769. The SMILES string of the molecule is [B]=NNc1c(C)cnn1C. The Morgan fingerprint density at radius 2 is 2.50 bits per heavy atom. The minimum absolute atomic E-state index is 0.822. The van der Waals surface area contributed by atoms with E-state index in [4.69, 9.17) is 7.64 Å². The summed E-state index contributed by atoms with van der Waals surface area (Å²) in [5, 5.41) is 7.26. The van der Waals surface area contributed by atoms with Gasteiger partial charge in [0.25, 0.3) is 0 Å². The van der Waals surface area contributed by atoms with Crippen molar-refractivity contribution in [2.24, 2.45) is 12.1 Å². The molecule has 1 radical (unpaired) electrons. The first-order chi connectivity index (χ1) is 4.75. The quantitative estimate of drug-likeness (QED) is 0.471. The van der Waals surface area contributed by atoms with Crippen LogP contribution >= 0.6 is 0 Å². The van der Waals surface area contributed by atoms with Crippen molar-refractivity contribution >= 4 is 13.5 Å². The van der Waals surface area contributed by atoms with E-state index < -0.39 is 0 Å². The van der Waals surface area contributed by atoms with E-state index >= 15 is 0 Å². The summed E-state index contributed by atoms with van der Waals surface area (Å²) in [4.78, 5) is 0. The predicted molar refractivity (Wildman–Crippen MR) is 39.7 cm³/mol. The van der Waals surface area contributed by atoms with E-state index in [9.17, 15) is 0 Å². The Morgan fingerprint density at radius 1 is 1.80 bits per heavy atom.